The van der Waals surface area contributed by atoms with Crippen LogP contribution in [-0.2, 0) is 4.74 Å². The number of piperidine rings is 1. The van der Waals surface area contributed by atoms with Gasteiger partial charge in [-0.2, -0.15) is 4.39 Å². The summed E-state index contributed by atoms with van der Waals surface area (Å²) in [5.41, 5.74) is -0.000725. The number of cyclic esters (lactones) is 1. The Labute approximate surface area is 147 Å². The molecule has 6 nitrogen and oxygen atoms in total. The lowest BCUT2D eigenvalue weighted by atomic mass is 9.98. The number of carbonyl (C=O) groups is 2. The van der Waals surface area contributed by atoms with Gasteiger partial charge in [0.2, 0.25) is 5.95 Å². The fourth-order valence-electron chi connectivity index (χ4n) is 3.71. The molecule has 0 saturated carbocycles. The lowest BCUT2D eigenvalue weighted by molar-refractivity contribution is 0.0625. The summed E-state index contributed by atoms with van der Waals surface area (Å²) in [6.45, 7) is 5.69. The van der Waals surface area contributed by atoms with Gasteiger partial charge in [-0.05, 0) is 37.3 Å². The zero-order valence-corrected chi connectivity index (χ0v) is 14.7. The summed E-state index contributed by atoms with van der Waals surface area (Å²) in [6.07, 6.45) is 3.33. The summed E-state index contributed by atoms with van der Waals surface area (Å²) in [6, 6.07) is 3.18. The molecule has 2 aliphatic heterocycles. The molecule has 2 fully saturated rings. The molecule has 25 heavy (non-hydrogen) atoms. The number of pyridine rings is 1. The summed E-state index contributed by atoms with van der Waals surface area (Å²) in [7, 11) is 0. The van der Waals surface area contributed by atoms with Gasteiger partial charge in [0.25, 0.3) is 5.91 Å². The molecule has 0 bridgehead atoms. The van der Waals surface area contributed by atoms with Gasteiger partial charge in [-0.1, -0.05) is 13.8 Å². The highest BCUT2D eigenvalue weighted by Gasteiger charge is 2.40. The number of hydrogen-bond donors (Lipinski definition) is 0. The molecule has 2 aliphatic rings. The monoisotopic (exact) mass is 349 g/mol. The summed E-state index contributed by atoms with van der Waals surface area (Å²) in [5.74, 6) is -0.598. The Balaban J connectivity index is 1.62. The maximum Gasteiger partial charge on any atom is 0.410 e. The third-order valence-electron chi connectivity index (χ3n) is 4.88. The van der Waals surface area contributed by atoms with Gasteiger partial charge < -0.3 is 9.64 Å². The number of carbonyl (C=O) groups excluding carboxylic acids is 2. The first-order valence-corrected chi connectivity index (χ1v) is 8.82. The molecule has 1 atom stereocenters. The second-order valence-corrected chi connectivity index (χ2v) is 7.13. The first-order chi connectivity index (χ1) is 12.0. The predicted octanol–water partition coefficient (Wildman–Crippen LogP) is 2.69. The minimum absolute atomic E-state index is 0.000725. The first-order valence-electron chi connectivity index (χ1n) is 8.82. The van der Waals surface area contributed by atoms with Gasteiger partial charge in [0.1, 0.15) is 6.61 Å². The molecular formula is C18H24FN3O3. The molecule has 0 radical (unpaired) electrons. The Morgan fingerprint density at radius 1 is 1.40 bits per heavy atom. The second kappa shape index (κ2) is 7.37. The quantitative estimate of drug-likeness (QED) is 0.784. The first kappa shape index (κ1) is 17.6. The summed E-state index contributed by atoms with van der Waals surface area (Å²) in [5, 5.41) is 0. The predicted molar refractivity (Wildman–Crippen MR) is 89.6 cm³/mol. The lowest BCUT2D eigenvalue weighted by Crippen LogP contribution is -2.50. The van der Waals surface area contributed by atoms with Crippen molar-refractivity contribution in [2.75, 3.05) is 19.7 Å². The van der Waals surface area contributed by atoms with E-state index in [4.69, 9.17) is 4.74 Å². The van der Waals surface area contributed by atoms with Crippen LogP contribution in [0.5, 0.6) is 0 Å². The van der Waals surface area contributed by atoms with Gasteiger partial charge >= 0.3 is 6.09 Å². The van der Waals surface area contributed by atoms with Crippen LogP contribution in [0.1, 0.15) is 43.5 Å². The fourth-order valence-corrected chi connectivity index (χ4v) is 3.71. The second-order valence-electron chi connectivity index (χ2n) is 7.13. The minimum atomic E-state index is -0.741. The molecule has 2 amide bonds. The molecule has 1 aromatic rings. The zero-order chi connectivity index (χ0) is 18.0. The number of ether oxygens (including phenoxy) is 1. The SMILES string of the molecule is CC(C)C[C@@H]1COC(=O)N1C1CCN(C(=O)c2cccnc2F)CC1. The van der Waals surface area contributed by atoms with E-state index in [1.807, 2.05) is 4.90 Å². The van der Waals surface area contributed by atoms with Gasteiger partial charge in [0, 0.05) is 25.3 Å². The van der Waals surface area contributed by atoms with Crippen molar-refractivity contribution in [2.24, 2.45) is 5.92 Å². The molecule has 1 aromatic heterocycles. The number of likely N-dealkylation sites (tertiary alicyclic amines) is 1. The Bertz CT molecular complexity index is 644. The molecule has 0 aromatic carbocycles. The molecule has 136 valence electrons. The molecule has 2 saturated heterocycles. The molecule has 3 rings (SSSR count). The van der Waals surface area contributed by atoms with E-state index in [2.05, 4.69) is 18.8 Å². The van der Waals surface area contributed by atoms with Gasteiger partial charge in [0.15, 0.2) is 0 Å². The average Bonchev–Trinajstić information content (AvgIpc) is 2.94. The van der Waals surface area contributed by atoms with Crippen molar-refractivity contribution in [2.45, 2.75) is 45.2 Å². The van der Waals surface area contributed by atoms with E-state index in [1.54, 1.807) is 11.0 Å². The Kier molecular flexibility index (Phi) is 5.20. The number of amides is 2. The maximum atomic E-state index is 13.7. The number of rotatable bonds is 4. The molecule has 0 N–H and O–H groups in total. The third-order valence-corrected chi connectivity index (χ3v) is 4.88. The van der Waals surface area contributed by atoms with Crippen molar-refractivity contribution in [1.29, 1.82) is 0 Å². The van der Waals surface area contributed by atoms with Crippen LogP contribution in [0.4, 0.5) is 9.18 Å². The van der Waals surface area contributed by atoms with Crippen LogP contribution in [-0.4, -0.2) is 58.6 Å². The van der Waals surface area contributed by atoms with Crippen LogP contribution in [0, 0.1) is 11.9 Å². The molecule has 7 heteroatoms. The van der Waals surface area contributed by atoms with E-state index in [1.165, 1.54) is 12.3 Å². The van der Waals surface area contributed by atoms with E-state index in [9.17, 15) is 14.0 Å². The van der Waals surface area contributed by atoms with Crippen LogP contribution in [0.3, 0.4) is 0 Å². The fraction of sp³-hybridized carbons (Fsp3) is 0.611. The maximum absolute atomic E-state index is 13.7. The van der Waals surface area contributed by atoms with Gasteiger partial charge in [-0.25, -0.2) is 9.78 Å². The topological polar surface area (TPSA) is 62.7 Å². The van der Waals surface area contributed by atoms with Crippen LogP contribution < -0.4 is 0 Å². The normalized spacial score (nSPS) is 21.8. The van der Waals surface area contributed by atoms with Crippen molar-refractivity contribution in [3.05, 3.63) is 29.8 Å². The highest BCUT2D eigenvalue weighted by Crippen LogP contribution is 2.27. The van der Waals surface area contributed by atoms with Crippen molar-refractivity contribution >= 4 is 12.0 Å². The highest BCUT2D eigenvalue weighted by molar-refractivity contribution is 5.94. The van der Waals surface area contributed by atoms with Crippen molar-refractivity contribution in [1.82, 2.24) is 14.8 Å². The standard InChI is InChI=1S/C18H24FN3O3/c1-12(2)10-14-11-25-18(24)22(14)13-5-8-21(9-6-13)17(23)15-4-3-7-20-16(15)19/h3-4,7,12-14H,5-6,8-11H2,1-2H3/t14-/m1/s1. The van der Waals surface area contributed by atoms with Gasteiger partial charge in [-0.15, -0.1) is 0 Å². The number of aromatic nitrogens is 1. The Hall–Kier alpha value is -2.18. The number of nitrogens with zero attached hydrogens (tertiary/aromatic N) is 3. The largest absolute Gasteiger partial charge is 0.447 e. The summed E-state index contributed by atoms with van der Waals surface area (Å²) in [4.78, 5) is 31.6. The molecule has 3 heterocycles. The highest BCUT2D eigenvalue weighted by atomic mass is 19.1. The third kappa shape index (κ3) is 3.75. The minimum Gasteiger partial charge on any atom is -0.447 e. The van der Waals surface area contributed by atoms with Gasteiger partial charge in [-0.3, -0.25) is 9.69 Å². The van der Waals surface area contributed by atoms with Crippen LogP contribution >= 0.6 is 0 Å². The zero-order valence-electron chi connectivity index (χ0n) is 14.7. The number of hydrogen-bond acceptors (Lipinski definition) is 4. The van der Waals surface area contributed by atoms with E-state index in [0.717, 1.165) is 6.42 Å². The van der Waals surface area contributed by atoms with E-state index in [-0.39, 0.29) is 29.6 Å². The smallest absolute Gasteiger partial charge is 0.410 e. The average molecular weight is 349 g/mol. The Morgan fingerprint density at radius 2 is 2.12 bits per heavy atom. The van der Waals surface area contributed by atoms with E-state index in [0.29, 0.717) is 38.5 Å². The van der Waals surface area contributed by atoms with E-state index >= 15 is 0 Å². The number of halogens is 1. The van der Waals surface area contributed by atoms with Crippen molar-refractivity contribution < 1.29 is 18.7 Å². The van der Waals surface area contributed by atoms with Crippen molar-refractivity contribution in [3.8, 4) is 0 Å². The molecule has 0 spiro atoms. The van der Waals surface area contributed by atoms with Crippen LogP contribution in [0.25, 0.3) is 0 Å². The summed E-state index contributed by atoms with van der Waals surface area (Å²) < 4.78 is 19.0. The van der Waals surface area contributed by atoms with Crippen molar-refractivity contribution in [3.63, 3.8) is 0 Å². The van der Waals surface area contributed by atoms with Gasteiger partial charge in [0.05, 0.1) is 11.6 Å². The molecule has 0 aliphatic carbocycles. The van der Waals surface area contributed by atoms with Crippen LogP contribution in [0.2, 0.25) is 0 Å². The van der Waals surface area contributed by atoms with E-state index < -0.39 is 5.95 Å². The molecule has 0 unspecified atom stereocenters. The van der Waals surface area contributed by atoms with Crippen LogP contribution in [0.15, 0.2) is 18.3 Å². The lowest BCUT2D eigenvalue weighted by Gasteiger charge is -2.38. The molecular weight excluding hydrogens is 325 g/mol. The summed E-state index contributed by atoms with van der Waals surface area (Å²) >= 11 is 0. The Morgan fingerprint density at radius 3 is 2.76 bits per heavy atom.